The van der Waals surface area contributed by atoms with E-state index < -0.39 is 0 Å². The Kier molecular flexibility index (Phi) is 2.42. The maximum Gasteiger partial charge on any atom is 0.274 e. The van der Waals surface area contributed by atoms with Gasteiger partial charge in [-0.3, -0.25) is 15.2 Å². The molecule has 3 N–H and O–H groups in total. The van der Waals surface area contributed by atoms with Gasteiger partial charge in [0.15, 0.2) is 0 Å². The Bertz CT molecular complexity index is 489. The predicted octanol–water partition coefficient (Wildman–Crippen LogP) is 1.35. The summed E-state index contributed by atoms with van der Waals surface area (Å²) in [7, 11) is 0. The van der Waals surface area contributed by atoms with Gasteiger partial charge in [0.25, 0.3) is 5.91 Å². The summed E-state index contributed by atoms with van der Waals surface area (Å²) >= 11 is 5.66. The Morgan fingerprint density at radius 2 is 2.40 bits per heavy atom. The van der Waals surface area contributed by atoms with E-state index in [1.54, 1.807) is 6.92 Å². The zero-order chi connectivity index (χ0) is 10.8. The van der Waals surface area contributed by atoms with E-state index in [2.05, 4.69) is 25.5 Å². The van der Waals surface area contributed by atoms with E-state index in [1.807, 2.05) is 0 Å². The van der Waals surface area contributed by atoms with Crippen molar-refractivity contribution in [1.29, 1.82) is 0 Å². The summed E-state index contributed by atoms with van der Waals surface area (Å²) in [6.07, 6.45) is 1.53. The Hall–Kier alpha value is -1.82. The highest BCUT2D eigenvalue weighted by Gasteiger charge is 2.10. The molecule has 7 heteroatoms. The fourth-order valence-corrected chi connectivity index (χ4v) is 1.23. The van der Waals surface area contributed by atoms with Crippen LogP contribution in [0.15, 0.2) is 12.3 Å². The first-order valence-electron chi connectivity index (χ1n) is 4.19. The Balaban J connectivity index is 2.10. The number of aryl methyl sites for hydroxylation is 1. The summed E-state index contributed by atoms with van der Waals surface area (Å²) in [6, 6.07) is 1.52. The van der Waals surface area contributed by atoms with Gasteiger partial charge in [-0.25, -0.2) is 0 Å². The number of H-pyrrole nitrogens is 2. The number of anilines is 1. The molecule has 2 aromatic rings. The molecule has 0 fully saturated rings. The van der Waals surface area contributed by atoms with Crippen molar-refractivity contribution in [1.82, 2.24) is 20.2 Å². The molecule has 2 heterocycles. The van der Waals surface area contributed by atoms with E-state index in [9.17, 15) is 4.79 Å². The number of aromatic amines is 2. The highest BCUT2D eigenvalue weighted by atomic mass is 35.5. The highest BCUT2D eigenvalue weighted by Crippen LogP contribution is 2.10. The van der Waals surface area contributed by atoms with E-state index in [0.717, 1.165) is 0 Å². The number of nitrogens with zero attached hydrogens (tertiary/aromatic N) is 2. The molecule has 0 aromatic carbocycles. The van der Waals surface area contributed by atoms with Crippen LogP contribution in [0.1, 0.15) is 16.3 Å². The van der Waals surface area contributed by atoms with Gasteiger partial charge in [-0.05, 0) is 13.0 Å². The normalized spacial score (nSPS) is 10.3. The first kappa shape index (κ1) is 9.72. The minimum absolute atomic E-state index is 0.239. The number of rotatable bonds is 2. The van der Waals surface area contributed by atoms with Crippen LogP contribution in [0.2, 0.25) is 5.02 Å². The van der Waals surface area contributed by atoms with Gasteiger partial charge in [-0.15, -0.1) is 5.10 Å². The number of aromatic nitrogens is 4. The van der Waals surface area contributed by atoms with Crippen LogP contribution in [0.4, 0.5) is 5.95 Å². The lowest BCUT2D eigenvalue weighted by Crippen LogP contribution is -2.13. The number of amides is 1. The molecule has 0 aliphatic carbocycles. The quantitative estimate of drug-likeness (QED) is 0.721. The van der Waals surface area contributed by atoms with E-state index in [4.69, 9.17) is 11.6 Å². The van der Waals surface area contributed by atoms with Crippen molar-refractivity contribution in [2.75, 3.05) is 5.32 Å². The topological polar surface area (TPSA) is 86.5 Å². The van der Waals surface area contributed by atoms with Gasteiger partial charge in [0.2, 0.25) is 5.95 Å². The third kappa shape index (κ3) is 2.16. The van der Waals surface area contributed by atoms with Crippen LogP contribution in [0.3, 0.4) is 0 Å². The van der Waals surface area contributed by atoms with Gasteiger partial charge in [0.1, 0.15) is 11.5 Å². The number of carbonyl (C=O) groups excluding carboxylic acids is 1. The molecule has 6 nitrogen and oxygen atoms in total. The average Bonchev–Trinajstić information content (AvgIpc) is 2.75. The third-order valence-electron chi connectivity index (χ3n) is 1.71. The molecule has 2 rings (SSSR count). The molecule has 0 aliphatic heterocycles. The molecule has 1 amide bonds. The van der Waals surface area contributed by atoms with E-state index in [1.165, 1.54) is 12.3 Å². The number of hydrogen-bond donors (Lipinski definition) is 3. The Morgan fingerprint density at radius 3 is 2.93 bits per heavy atom. The lowest BCUT2D eigenvalue weighted by molar-refractivity contribution is 0.102. The molecule has 0 unspecified atom stereocenters. The summed E-state index contributed by atoms with van der Waals surface area (Å²) in [5.41, 5.74) is 0.363. The van der Waals surface area contributed by atoms with Crippen molar-refractivity contribution >= 4 is 23.5 Å². The van der Waals surface area contributed by atoms with Gasteiger partial charge < -0.3 is 4.98 Å². The monoisotopic (exact) mass is 225 g/mol. The molecule has 15 heavy (non-hydrogen) atoms. The second-order valence-electron chi connectivity index (χ2n) is 2.93. The van der Waals surface area contributed by atoms with Crippen molar-refractivity contribution < 1.29 is 4.79 Å². The predicted molar refractivity (Wildman–Crippen MR) is 54.9 cm³/mol. The van der Waals surface area contributed by atoms with Gasteiger partial charge in [0.05, 0.1) is 5.02 Å². The fraction of sp³-hybridized carbons (Fsp3) is 0.125. The van der Waals surface area contributed by atoms with Crippen LogP contribution < -0.4 is 5.32 Å². The van der Waals surface area contributed by atoms with Crippen LogP contribution >= 0.6 is 11.6 Å². The summed E-state index contributed by atoms with van der Waals surface area (Å²) in [4.78, 5) is 18.2. The SMILES string of the molecule is Cc1nc(NC(=O)c2cc(Cl)c[nH]2)n[nH]1. The summed E-state index contributed by atoms with van der Waals surface area (Å²) in [5, 5.41) is 9.38. The first-order chi connectivity index (χ1) is 7.15. The number of hydrogen-bond acceptors (Lipinski definition) is 3. The zero-order valence-corrected chi connectivity index (χ0v) is 8.59. The van der Waals surface area contributed by atoms with Gasteiger partial charge >= 0.3 is 0 Å². The van der Waals surface area contributed by atoms with Crippen molar-refractivity contribution in [2.24, 2.45) is 0 Å². The van der Waals surface area contributed by atoms with Crippen molar-refractivity contribution in [3.8, 4) is 0 Å². The lowest BCUT2D eigenvalue weighted by atomic mass is 10.4. The zero-order valence-electron chi connectivity index (χ0n) is 7.84. The molecule has 2 aromatic heterocycles. The summed E-state index contributed by atoms with van der Waals surface area (Å²) in [5.74, 6) is 0.541. The molecule has 0 saturated carbocycles. The number of nitrogens with one attached hydrogen (secondary N) is 3. The van der Waals surface area contributed by atoms with Crippen molar-refractivity contribution in [3.63, 3.8) is 0 Å². The smallest absolute Gasteiger partial charge is 0.274 e. The minimum Gasteiger partial charge on any atom is -0.356 e. The van der Waals surface area contributed by atoms with E-state index in [0.29, 0.717) is 16.5 Å². The van der Waals surface area contributed by atoms with Crippen LogP contribution in [0.25, 0.3) is 0 Å². The molecule has 0 spiro atoms. The van der Waals surface area contributed by atoms with Gasteiger partial charge in [-0.2, -0.15) is 4.98 Å². The standard InChI is InChI=1S/C8H8ClN5O/c1-4-11-8(14-13-4)12-7(15)6-2-5(9)3-10-6/h2-3,10H,1H3,(H2,11,12,13,14,15). The van der Waals surface area contributed by atoms with Crippen LogP contribution in [0.5, 0.6) is 0 Å². The molecule has 0 aliphatic rings. The average molecular weight is 226 g/mol. The molecular weight excluding hydrogens is 218 g/mol. The van der Waals surface area contributed by atoms with Crippen molar-refractivity contribution in [3.05, 3.63) is 28.8 Å². The highest BCUT2D eigenvalue weighted by molar-refractivity contribution is 6.31. The number of halogens is 1. The summed E-state index contributed by atoms with van der Waals surface area (Å²) < 4.78 is 0. The third-order valence-corrected chi connectivity index (χ3v) is 1.93. The first-order valence-corrected chi connectivity index (χ1v) is 4.57. The Labute approximate surface area is 90.1 Å². The second-order valence-corrected chi connectivity index (χ2v) is 3.37. The fourth-order valence-electron chi connectivity index (χ4n) is 1.07. The second kappa shape index (κ2) is 3.74. The maximum atomic E-state index is 11.5. The van der Waals surface area contributed by atoms with Crippen LogP contribution in [0, 0.1) is 6.92 Å². The molecule has 0 radical (unpaired) electrons. The maximum absolute atomic E-state index is 11.5. The van der Waals surface area contributed by atoms with Crippen LogP contribution in [-0.4, -0.2) is 26.1 Å². The molecule has 0 bridgehead atoms. The molecular formula is C8H8ClN5O. The van der Waals surface area contributed by atoms with E-state index >= 15 is 0 Å². The van der Waals surface area contributed by atoms with Crippen LogP contribution in [-0.2, 0) is 0 Å². The largest absolute Gasteiger partial charge is 0.356 e. The molecule has 0 saturated heterocycles. The van der Waals surface area contributed by atoms with Gasteiger partial charge in [0, 0.05) is 6.20 Å². The van der Waals surface area contributed by atoms with Crippen molar-refractivity contribution in [2.45, 2.75) is 6.92 Å². The number of carbonyl (C=O) groups is 1. The lowest BCUT2D eigenvalue weighted by Gasteiger charge is -1.96. The Morgan fingerprint density at radius 1 is 1.60 bits per heavy atom. The minimum atomic E-state index is -0.332. The van der Waals surface area contributed by atoms with Gasteiger partial charge in [-0.1, -0.05) is 11.6 Å². The molecule has 0 atom stereocenters. The van der Waals surface area contributed by atoms with E-state index in [-0.39, 0.29) is 11.9 Å². The summed E-state index contributed by atoms with van der Waals surface area (Å²) in [6.45, 7) is 1.74. The molecule has 78 valence electrons.